The molecule has 0 saturated heterocycles. The van der Waals surface area contributed by atoms with Crippen LogP contribution in [0.2, 0.25) is 0 Å². The number of hydrogen-bond donors (Lipinski definition) is 1. The van der Waals surface area contributed by atoms with Gasteiger partial charge in [-0.05, 0) is 25.7 Å². The molecular formula is C12H16N2O3S. The van der Waals surface area contributed by atoms with Crippen LogP contribution in [0.25, 0.3) is 0 Å². The molecule has 0 aliphatic heterocycles. The van der Waals surface area contributed by atoms with E-state index in [4.69, 9.17) is 4.74 Å². The lowest BCUT2D eigenvalue weighted by Crippen LogP contribution is -2.31. The van der Waals surface area contributed by atoms with Crippen molar-refractivity contribution < 1.29 is 14.3 Å². The van der Waals surface area contributed by atoms with E-state index in [9.17, 15) is 9.59 Å². The van der Waals surface area contributed by atoms with Crippen LogP contribution in [0, 0.1) is 5.92 Å². The third-order valence-corrected chi connectivity index (χ3v) is 3.93. The van der Waals surface area contributed by atoms with Crippen LogP contribution in [0.1, 0.15) is 45.7 Å². The smallest absolute Gasteiger partial charge is 0.367 e. The molecule has 98 valence electrons. The van der Waals surface area contributed by atoms with Gasteiger partial charge in [0.25, 0.3) is 5.91 Å². The fourth-order valence-electron chi connectivity index (χ4n) is 1.69. The van der Waals surface area contributed by atoms with Crippen LogP contribution in [0.15, 0.2) is 6.20 Å². The molecule has 0 aromatic carbocycles. The van der Waals surface area contributed by atoms with Crippen molar-refractivity contribution in [3.63, 3.8) is 0 Å². The number of amides is 1. The predicted molar refractivity (Wildman–Crippen MR) is 67.7 cm³/mol. The van der Waals surface area contributed by atoms with Crippen molar-refractivity contribution in [2.45, 2.75) is 26.2 Å². The first-order valence-electron chi connectivity index (χ1n) is 6.12. The standard InChI is InChI=1S/C12H16N2O3S/c1-2-17-12(16)11-14-7-9(18-11)10(15)13-6-8-4-3-5-8/h7-8H,2-6H2,1H3,(H,13,15). The number of thiazole rings is 1. The SMILES string of the molecule is CCOC(=O)c1ncc(C(=O)NCC2CCC2)s1. The van der Waals surface area contributed by atoms with Crippen LogP contribution >= 0.6 is 11.3 Å². The number of esters is 1. The Morgan fingerprint density at radius 3 is 2.94 bits per heavy atom. The van der Waals surface area contributed by atoms with E-state index in [0.717, 1.165) is 11.3 Å². The number of carbonyl (C=O) groups excluding carboxylic acids is 2. The monoisotopic (exact) mass is 268 g/mol. The maximum absolute atomic E-state index is 11.8. The Kier molecular flexibility index (Phi) is 4.30. The van der Waals surface area contributed by atoms with Gasteiger partial charge < -0.3 is 10.1 Å². The van der Waals surface area contributed by atoms with E-state index < -0.39 is 5.97 Å². The Labute approximate surface area is 110 Å². The number of rotatable bonds is 5. The van der Waals surface area contributed by atoms with Crippen LogP contribution in [-0.4, -0.2) is 30.0 Å². The Hall–Kier alpha value is -1.43. The van der Waals surface area contributed by atoms with E-state index in [2.05, 4.69) is 10.3 Å². The minimum absolute atomic E-state index is 0.157. The summed E-state index contributed by atoms with van der Waals surface area (Å²) in [5.74, 6) is -0.0121. The summed E-state index contributed by atoms with van der Waals surface area (Å²) in [6, 6.07) is 0. The molecule has 6 heteroatoms. The van der Waals surface area contributed by atoms with Gasteiger partial charge in [-0.1, -0.05) is 6.42 Å². The Bertz CT molecular complexity index is 440. The van der Waals surface area contributed by atoms with Crippen molar-refractivity contribution >= 4 is 23.2 Å². The summed E-state index contributed by atoms with van der Waals surface area (Å²) in [6.07, 6.45) is 5.06. The first-order valence-corrected chi connectivity index (χ1v) is 6.93. The highest BCUT2D eigenvalue weighted by Crippen LogP contribution is 2.25. The van der Waals surface area contributed by atoms with Gasteiger partial charge in [0.05, 0.1) is 12.8 Å². The van der Waals surface area contributed by atoms with Crippen molar-refractivity contribution in [2.24, 2.45) is 5.92 Å². The summed E-state index contributed by atoms with van der Waals surface area (Å²) in [5.41, 5.74) is 0. The lowest BCUT2D eigenvalue weighted by molar-refractivity contribution is 0.0526. The zero-order valence-electron chi connectivity index (χ0n) is 10.3. The normalized spacial score (nSPS) is 14.9. The van der Waals surface area contributed by atoms with Gasteiger partial charge in [-0.3, -0.25) is 4.79 Å². The van der Waals surface area contributed by atoms with Crippen LogP contribution in [-0.2, 0) is 4.74 Å². The van der Waals surface area contributed by atoms with Crippen LogP contribution in [0.3, 0.4) is 0 Å². The second kappa shape index (κ2) is 5.95. The topological polar surface area (TPSA) is 68.3 Å². The third kappa shape index (κ3) is 3.07. The van der Waals surface area contributed by atoms with Crippen molar-refractivity contribution in [2.75, 3.05) is 13.2 Å². The molecule has 5 nitrogen and oxygen atoms in total. The Morgan fingerprint density at radius 2 is 2.33 bits per heavy atom. The van der Waals surface area contributed by atoms with Crippen molar-refractivity contribution in [1.82, 2.24) is 10.3 Å². The molecular weight excluding hydrogens is 252 g/mol. The number of nitrogens with zero attached hydrogens (tertiary/aromatic N) is 1. The molecule has 1 aliphatic carbocycles. The van der Waals surface area contributed by atoms with E-state index >= 15 is 0 Å². The molecule has 0 spiro atoms. The zero-order valence-corrected chi connectivity index (χ0v) is 11.1. The summed E-state index contributed by atoms with van der Waals surface area (Å²) in [5, 5.41) is 3.09. The Morgan fingerprint density at radius 1 is 1.56 bits per heavy atom. The first-order chi connectivity index (χ1) is 8.70. The molecule has 0 radical (unpaired) electrons. The molecule has 1 N–H and O–H groups in total. The molecule has 0 atom stereocenters. The number of aromatic nitrogens is 1. The van der Waals surface area contributed by atoms with Gasteiger partial charge in [-0.25, -0.2) is 9.78 Å². The van der Waals surface area contributed by atoms with Gasteiger partial charge >= 0.3 is 5.97 Å². The molecule has 1 aliphatic rings. The summed E-state index contributed by atoms with van der Waals surface area (Å²) >= 11 is 1.07. The minimum atomic E-state index is -0.472. The van der Waals surface area contributed by atoms with Gasteiger partial charge in [-0.2, -0.15) is 0 Å². The molecule has 1 fully saturated rings. The number of hydrogen-bond acceptors (Lipinski definition) is 5. The van der Waals surface area contributed by atoms with E-state index in [1.165, 1.54) is 25.5 Å². The average Bonchev–Trinajstić information content (AvgIpc) is 2.76. The quantitative estimate of drug-likeness (QED) is 0.827. The number of nitrogens with one attached hydrogen (secondary N) is 1. The minimum Gasteiger partial charge on any atom is -0.461 e. The molecule has 0 unspecified atom stereocenters. The fourth-order valence-corrected chi connectivity index (χ4v) is 2.41. The third-order valence-electron chi connectivity index (χ3n) is 2.96. The lowest BCUT2D eigenvalue weighted by atomic mass is 9.85. The molecule has 1 aromatic heterocycles. The van der Waals surface area contributed by atoms with Gasteiger partial charge in [0, 0.05) is 6.54 Å². The highest BCUT2D eigenvalue weighted by molar-refractivity contribution is 7.15. The molecule has 1 aromatic rings. The number of carbonyl (C=O) groups is 2. The molecule has 1 saturated carbocycles. The zero-order chi connectivity index (χ0) is 13.0. The summed E-state index contributed by atoms with van der Waals surface area (Å²) in [7, 11) is 0. The first kappa shape index (κ1) is 13.0. The highest BCUT2D eigenvalue weighted by atomic mass is 32.1. The molecule has 0 bridgehead atoms. The second-order valence-electron chi connectivity index (χ2n) is 4.26. The van der Waals surface area contributed by atoms with Crippen LogP contribution in [0.5, 0.6) is 0 Å². The molecule has 1 heterocycles. The van der Waals surface area contributed by atoms with E-state index in [1.807, 2.05) is 0 Å². The molecule has 18 heavy (non-hydrogen) atoms. The van der Waals surface area contributed by atoms with E-state index in [-0.39, 0.29) is 10.9 Å². The van der Waals surface area contributed by atoms with E-state index in [1.54, 1.807) is 6.92 Å². The van der Waals surface area contributed by atoms with Gasteiger partial charge in [-0.15, -0.1) is 11.3 Å². The highest BCUT2D eigenvalue weighted by Gasteiger charge is 2.20. The van der Waals surface area contributed by atoms with Gasteiger partial charge in [0.15, 0.2) is 0 Å². The van der Waals surface area contributed by atoms with Crippen molar-refractivity contribution in [1.29, 1.82) is 0 Å². The maximum Gasteiger partial charge on any atom is 0.367 e. The van der Waals surface area contributed by atoms with Crippen LogP contribution < -0.4 is 5.32 Å². The van der Waals surface area contributed by atoms with Gasteiger partial charge in [0.2, 0.25) is 5.01 Å². The summed E-state index contributed by atoms with van der Waals surface area (Å²) in [4.78, 5) is 27.5. The van der Waals surface area contributed by atoms with Gasteiger partial charge in [0.1, 0.15) is 4.88 Å². The maximum atomic E-state index is 11.8. The second-order valence-corrected chi connectivity index (χ2v) is 5.29. The summed E-state index contributed by atoms with van der Waals surface area (Å²) in [6.45, 7) is 2.75. The van der Waals surface area contributed by atoms with Crippen molar-refractivity contribution in [3.05, 3.63) is 16.1 Å². The summed E-state index contributed by atoms with van der Waals surface area (Å²) < 4.78 is 4.82. The average molecular weight is 268 g/mol. The molecule has 1 amide bonds. The molecule has 2 rings (SSSR count). The Balaban J connectivity index is 1.87. The largest absolute Gasteiger partial charge is 0.461 e. The fraction of sp³-hybridized carbons (Fsp3) is 0.583. The van der Waals surface area contributed by atoms with E-state index in [0.29, 0.717) is 23.9 Å². The van der Waals surface area contributed by atoms with Crippen molar-refractivity contribution in [3.8, 4) is 0 Å². The predicted octanol–water partition coefficient (Wildman–Crippen LogP) is 1.85. The number of ether oxygens (including phenoxy) is 1. The van der Waals surface area contributed by atoms with Crippen LogP contribution in [0.4, 0.5) is 0 Å². The lowest BCUT2D eigenvalue weighted by Gasteiger charge is -2.25.